The molecule has 3 rings (SSSR count). The first-order valence-corrected chi connectivity index (χ1v) is 10.0. The number of carbonyl (C=O) groups is 2. The number of anilines is 1. The molecule has 0 radical (unpaired) electrons. The second kappa shape index (κ2) is 8.80. The van der Waals surface area contributed by atoms with E-state index in [9.17, 15) is 9.59 Å². The molecule has 2 N–H and O–H groups in total. The molecule has 2 aromatic carbocycles. The third-order valence-electron chi connectivity index (χ3n) is 4.06. The minimum atomic E-state index is -0.250. The molecule has 0 fully saturated rings. The second-order valence-electron chi connectivity index (χ2n) is 6.95. The smallest absolute Gasteiger partial charge is 0.275 e. The fraction of sp³-hybridized carbons (Fsp3) is 0.227. The molecule has 0 saturated heterocycles. The van der Waals surface area contributed by atoms with Crippen molar-refractivity contribution in [2.75, 3.05) is 5.32 Å². The largest absolute Gasteiger partial charge is 0.354 e. The summed E-state index contributed by atoms with van der Waals surface area (Å²) in [7, 11) is 0. The fourth-order valence-electron chi connectivity index (χ4n) is 2.67. The molecular formula is C22H23N3O2S. The third kappa shape index (κ3) is 5.27. The zero-order valence-electron chi connectivity index (χ0n) is 16.2. The second-order valence-corrected chi connectivity index (χ2v) is 7.81. The van der Waals surface area contributed by atoms with Crippen LogP contribution in [-0.4, -0.2) is 22.8 Å². The maximum absolute atomic E-state index is 12.5. The van der Waals surface area contributed by atoms with Crippen LogP contribution in [0.3, 0.4) is 0 Å². The maximum atomic E-state index is 12.5. The first kappa shape index (κ1) is 19.8. The minimum absolute atomic E-state index is 0.0158. The number of carbonyl (C=O) groups excluding carboxylic acids is 2. The van der Waals surface area contributed by atoms with Gasteiger partial charge >= 0.3 is 0 Å². The van der Waals surface area contributed by atoms with E-state index in [2.05, 4.69) is 15.6 Å². The highest BCUT2D eigenvalue weighted by Crippen LogP contribution is 2.24. The van der Waals surface area contributed by atoms with Crippen molar-refractivity contribution in [1.82, 2.24) is 10.3 Å². The van der Waals surface area contributed by atoms with E-state index in [0.29, 0.717) is 17.8 Å². The number of nitrogens with zero attached hydrogens (tertiary/aromatic N) is 1. The van der Waals surface area contributed by atoms with Crippen molar-refractivity contribution in [1.29, 1.82) is 0 Å². The Bertz CT molecular complexity index is 960. The number of hydrogen-bond donors (Lipinski definition) is 2. The van der Waals surface area contributed by atoms with E-state index in [4.69, 9.17) is 0 Å². The van der Waals surface area contributed by atoms with Gasteiger partial charge in [-0.25, -0.2) is 4.98 Å². The molecule has 144 valence electrons. The minimum Gasteiger partial charge on any atom is -0.354 e. The molecule has 0 unspecified atom stereocenters. The van der Waals surface area contributed by atoms with Crippen molar-refractivity contribution in [2.24, 2.45) is 0 Å². The number of aryl methyl sites for hydroxylation is 1. The van der Waals surface area contributed by atoms with Gasteiger partial charge in [-0.3, -0.25) is 9.59 Å². The molecule has 1 aromatic heterocycles. The number of thiazole rings is 1. The summed E-state index contributed by atoms with van der Waals surface area (Å²) in [4.78, 5) is 28.7. The summed E-state index contributed by atoms with van der Waals surface area (Å²) in [6.07, 6.45) is 0.318. The zero-order valence-corrected chi connectivity index (χ0v) is 17.0. The van der Waals surface area contributed by atoms with Crippen LogP contribution in [0.4, 0.5) is 5.69 Å². The average molecular weight is 394 g/mol. The number of benzene rings is 2. The van der Waals surface area contributed by atoms with Crippen LogP contribution in [0.25, 0.3) is 10.6 Å². The molecule has 3 aromatic rings. The molecule has 28 heavy (non-hydrogen) atoms. The molecule has 0 aliphatic carbocycles. The predicted octanol–water partition coefficient (Wildman–Crippen LogP) is 4.44. The van der Waals surface area contributed by atoms with Gasteiger partial charge in [-0.15, -0.1) is 11.3 Å². The number of aromatic nitrogens is 1. The monoisotopic (exact) mass is 393 g/mol. The van der Waals surface area contributed by atoms with E-state index in [1.165, 1.54) is 16.9 Å². The van der Waals surface area contributed by atoms with Crippen molar-refractivity contribution in [3.8, 4) is 10.6 Å². The Labute approximate surface area is 168 Å². The molecular weight excluding hydrogens is 370 g/mol. The lowest BCUT2D eigenvalue weighted by molar-refractivity contribution is -0.120. The number of rotatable bonds is 6. The summed E-state index contributed by atoms with van der Waals surface area (Å²) in [6.45, 7) is 5.89. The lowest BCUT2D eigenvalue weighted by Crippen LogP contribution is -2.31. The summed E-state index contributed by atoms with van der Waals surface area (Å²) < 4.78 is 0. The standard InChI is InChI=1S/C22H23N3O2S/c1-14(2)23-20(26)12-16-6-10-18(11-7-16)24-21(27)19-13-28-22(25-19)17-8-4-15(3)5-9-17/h4-11,13-14H,12H2,1-3H3,(H,23,26)(H,24,27). The molecule has 0 saturated carbocycles. The number of hydrogen-bond acceptors (Lipinski definition) is 4. The first-order chi connectivity index (χ1) is 13.4. The SMILES string of the molecule is Cc1ccc(-c2nc(C(=O)Nc3ccc(CC(=O)NC(C)C)cc3)cs2)cc1. The van der Waals surface area contributed by atoms with Gasteiger partial charge in [0, 0.05) is 22.7 Å². The van der Waals surface area contributed by atoms with E-state index in [0.717, 1.165) is 16.1 Å². The molecule has 5 nitrogen and oxygen atoms in total. The highest BCUT2D eigenvalue weighted by Gasteiger charge is 2.12. The molecule has 0 aliphatic rings. The average Bonchev–Trinajstić information content (AvgIpc) is 3.13. The summed E-state index contributed by atoms with van der Waals surface area (Å²) >= 11 is 1.45. The van der Waals surface area contributed by atoms with Crippen LogP contribution in [0.2, 0.25) is 0 Å². The molecule has 0 bridgehead atoms. The highest BCUT2D eigenvalue weighted by atomic mass is 32.1. The van der Waals surface area contributed by atoms with Crippen LogP contribution in [0.15, 0.2) is 53.9 Å². The zero-order chi connectivity index (χ0) is 20.1. The van der Waals surface area contributed by atoms with Gasteiger partial charge < -0.3 is 10.6 Å². The van der Waals surface area contributed by atoms with Gasteiger partial charge in [0.15, 0.2) is 0 Å². The Morgan fingerprint density at radius 1 is 1.04 bits per heavy atom. The Morgan fingerprint density at radius 2 is 1.71 bits per heavy atom. The van der Waals surface area contributed by atoms with Gasteiger partial charge in [-0.2, -0.15) is 0 Å². The van der Waals surface area contributed by atoms with Crippen LogP contribution < -0.4 is 10.6 Å². The Balaban J connectivity index is 1.62. The van der Waals surface area contributed by atoms with Crippen molar-refractivity contribution in [2.45, 2.75) is 33.2 Å². The van der Waals surface area contributed by atoms with Crippen LogP contribution >= 0.6 is 11.3 Å². The Morgan fingerprint density at radius 3 is 2.36 bits per heavy atom. The molecule has 2 amide bonds. The summed E-state index contributed by atoms with van der Waals surface area (Å²) in [5, 5.41) is 8.29. The van der Waals surface area contributed by atoms with Crippen molar-refractivity contribution < 1.29 is 9.59 Å². The van der Waals surface area contributed by atoms with E-state index in [1.807, 2.05) is 57.2 Å². The third-order valence-corrected chi connectivity index (χ3v) is 4.95. The number of amides is 2. The lowest BCUT2D eigenvalue weighted by atomic mass is 10.1. The van der Waals surface area contributed by atoms with Gasteiger partial charge in [0.2, 0.25) is 5.91 Å². The van der Waals surface area contributed by atoms with Gasteiger partial charge in [0.25, 0.3) is 5.91 Å². The molecule has 1 heterocycles. The normalized spacial score (nSPS) is 10.7. The number of nitrogens with one attached hydrogen (secondary N) is 2. The Hall–Kier alpha value is -2.99. The molecule has 6 heteroatoms. The summed E-state index contributed by atoms with van der Waals surface area (Å²) in [5.74, 6) is -0.266. The first-order valence-electron chi connectivity index (χ1n) is 9.13. The predicted molar refractivity (Wildman–Crippen MR) is 114 cm³/mol. The van der Waals surface area contributed by atoms with E-state index in [1.54, 1.807) is 17.5 Å². The Kier molecular flexibility index (Phi) is 6.21. The van der Waals surface area contributed by atoms with E-state index in [-0.39, 0.29) is 17.9 Å². The van der Waals surface area contributed by atoms with Gasteiger partial charge in [-0.1, -0.05) is 42.0 Å². The molecule has 0 aliphatic heterocycles. The van der Waals surface area contributed by atoms with Crippen molar-refractivity contribution in [3.05, 3.63) is 70.7 Å². The van der Waals surface area contributed by atoms with Crippen LogP contribution in [0.1, 0.15) is 35.5 Å². The van der Waals surface area contributed by atoms with Crippen LogP contribution in [-0.2, 0) is 11.2 Å². The summed E-state index contributed by atoms with van der Waals surface area (Å²) in [6, 6.07) is 15.5. The van der Waals surface area contributed by atoms with Gasteiger partial charge in [0.1, 0.15) is 10.7 Å². The maximum Gasteiger partial charge on any atom is 0.275 e. The highest BCUT2D eigenvalue weighted by molar-refractivity contribution is 7.13. The van der Waals surface area contributed by atoms with Crippen molar-refractivity contribution >= 4 is 28.8 Å². The lowest BCUT2D eigenvalue weighted by Gasteiger charge is -2.09. The molecule has 0 spiro atoms. The summed E-state index contributed by atoms with van der Waals surface area (Å²) in [5.41, 5.74) is 4.14. The van der Waals surface area contributed by atoms with Gasteiger partial charge in [-0.05, 0) is 38.5 Å². The van der Waals surface area contributed by atoms with E-state index < -0.39 is 0 Å². The van der Waals surface area contributed by atoms with Crippen LogP contribution in [0, 0.1) is 6.92 Å². The quantitative estimate of drug-likeness (QED) is 0.650. The molecule has 0 atom stereocenters. The van der Waals surface area contributed by atoms with E-state index >= 15 is 0 Å². The van der Waals surface area contributed by atoms with Crippen molar-refractivity contribution in [3.63, 3.8) is 0 Å². The van der Waals surface area contributed by atoms with Crippen LogP contribution in [0.5, 0.6) is 0 Å². The fourth-order valence-corrected chi connectivity index (χ4v) is 3.47. The topological polar surface area (TPSA) is 71.1 Å². The van der Waals surface area contributed by atoms with Gasteiger partial charge in [0.05, 0.1) is 6.42 Å².